The summed E-state index contributed by atoms with van der Waals surface area (Å²) in [7, 11) is 5.41. The highest BCUT2D eigenvalue weighted by Crippen LogP contribution is 2.34. The van der Waals surface area contributed by atoms with E-state index in [1.165, 1.54) is 19.2 Å². The smallest absolute Gasteiger partial charge is 0.337 e. The molecule has 72 heavy (non-hydrogen) atoms. The van der Waals surface area contributed by atoms with Gasteiger partial charge in [0, 0.05) is 110 Å². The molecule has 0 saturated heterocycles. The number of ether oxygens (including phenoxy) is 1. The van der Waals surface area contributed by atoms with Crippen LogP contribution >= 0.6 is 11.6 Å². The van der Waals surface area contributed by atoms with E-state index in [2.05, 4.69) is 52.9 Å². The van der Waals surface area contributed by atoms with Crippen LogP contribution in [0.1, 0.15) is 21.5 Å². The van der Waals surface area contributed by atoms with Crippen LogP contribution in [0.5, 0.6) is 0 Å². The molecule has 3 N–H and O–H groups in total. The number of methoxy groups -OCH3 is 1. The van der Waals surface area contributed by atoms with E-state index in [0.717, 1.165) is 89.9 Å². The first-order valence-corrected chi connectivity index (χ1v) is 22.8. The average Bonchev–Trinajstić information content (AvgIpc) is 3.41. The summed E-state index contributed by atoms with van der Waals surface area (Å²) in [6.45, 7) is 1.73. The summed E-state index contributed by atoms with van der Waals surface area (Å²) >= 11 is 5.87. The van der Waals surface area contributed by atoms with Gasteiger partial charge in [-0.3, -0.25) is 15.0 Å². The third-order valence-corrected chi connectivity index (χ3v) is 11.8. The SMILES string of the molecule is CN(C)CCNc1nc2cc(C#N)ccc2c2cnccc12.COC(=O)c1ccc2c(c1)nc(Nc1ccc(F)c(Cl)c1)c1ccncc12.N#Cc1ccc2c(c1)nc(Nc1ccccc1)c1ccncc12. The number of nitriles is 2. The van der Waals surface area contributed by atoms with Crippen LogP contribution in [0.4, 0.5) is 33.2 Å². The van der Waals surface area contributed by atoms with Crippen LogP contribution in [0.25, 0.3) is 65.0 Å². The Balaban J connectivity index is 0.000000134. The minimum absolute atomic E-state index is 0.0136. The van der Waals surface area contributed by atoms with Crippen molar-refractivity contribution in [2.24, 2.45) is 0 Å². The number of fused-ring (bicyclic) bond motifs is 9. The lowest BCUT2D eigenvalue weighted by molar-refractivity contribution is 0.0601. The van der Waals surface area contributed by atoms with E-state index in [4.69, 9.17) is 36.8 Å². The van der Waals surface area contributed by atoms with Crippen molar-refractivity contribution in [1.82, 2.24) is 34.8 Å². The highest BCUT2D eigenvalue weighted by Gasteiger charge is 2.14. The van der Waals surface area contributed by atoms with Crippen molar-refractivity contribution in [3.8, 4) is 12.1 Å². The number of nitrogens with zero attached hydrogens (tertiary/aromatic N) is 9. The molecule has 0 amide bonds. The van der Waals surface area contributed by atoms with Crippen LogP contribution in [-0.4, -0.2) is 75.1 Å². The molecule has 0 aliphatic carbocycles. The van der Waals surface area contributed by atoms with Crippen molar-refractivity contribution < 1.29 is 13.9 Å². The number of hydrogen-bond donors (Lipinski definition) is 3. The molecule has 5 aromatic carbocycles. The van der Waals surface area contributed by atoms with E-state index in [1.807, 2.05) is 105 Å². The number of likely N-dealkylation sites (N-methyl/N-ethyl adjacent to an activating group) is 1. The van der Waals surface area contributed by atoms with Gasteiger partial charge in [-0.25, -0.2) is 24.1 Å². The van der Waals surface area contributed by atoms with Gasteiger partial charge >= 0.3 is 5.97 Å². The zero-order valence-electron chi connectivity index (χ0n) is 39.0. The molecule has 0 radical (unpaired) electrons. The van der Waals surface area contributed by atoms with Crippen LogP contribution in [0, 0.1) is 28.5 Å². The summed E-state index contributed by atoms with van der Waals surface area (Å²) in [4.78, 5) is 40.7. The Bertz CT molecular complexity index is 3920. The molecule has 6 heterocycles. The third-order valence-electron chi connectivity index (χ3n) is 11.5. The van der Waals surface area contributed by atoms with Gasteiger partial charge in [0.2, 0.25) is 0 Å². The predicted octanol–water partition coefficient (Wildman–Crippen LogP) is 12.1. The molecule has 0 fully saturated rings. The number of hydrogen-bond acceptors (Lipinski definition) is 14. The van der Waals surface area contributed by atoms with Crippen LogP contribution in [-0.2, 0) is 4.74 Å². The Kier molecular flexibility index (Phi) is 14.2. The van der Waals surface area contributed by atoms with Crippen LogP contribution in [0.15, 0.2) is 159 Å². The van der Waals surface area contributed by atoms with E-state index < -0.39 is 11.8 Å². The highest BCUT2D eigenvalue weighted by molar-refractivity contribution is 6.31. The van der Waals surface area contributed by atoms with Crippen LogP contribution in [0.3, 0.4) is 0 Å². The summed E-state index contributed by atoms with van der Waals surface area (Å²) in [5, 5.41) is 36.8. The van der Waals surface area contributed by atoms with E-state index in [0.29, 0.717) is 33.7 Å². The summed E-state index contributed by atoms with van der Waals surface area (Å²) < 4.78 is 18.2. The maximum absolute atomic E-state index is 13.4. The zero-order valence-corrected chi connectivity index (χ0v) is 39.8. The monoisotopic (exact) mass is 968 g/mol. The lowest BCUT2D eigenvalue weighted by atomic mass is 10.1. The number of anilines is 5. The average molecular weight is 969 g/mol. The second-order valence-electron chi connectivity index (χ2n) is 16.5. The quantitative estimate of drug-likeness (QED) is 0.0914. The third kappa shape index (κ3) is 10.4. The summed E-state index contributed by atoms with van der Waals surface area (Å²) in [6, 6.07) is 40.6. The molecule has 0 unspecified atom stereocenters. The maximum Gasteiger partial charge on any atom is 0.337 e. The number of benzene rings is 5. The number of carbonyl (C=O) groups excluding carboxylic acids is 1. The lowest BCUT2D eigenvalue weighted by Gasteiger charge is -2.13. The number of nitrogens with one attached hydrogen (secondary N) is 3. The first kappa shape index (κ1) is 47.6. The fraction of sp³-hybridized carbons (Fsp3) is 0.0893. The molecule has 0 aliphatic heterocycles. The van der Waals surface area contributed by atoms with Crippen molar-refractivity contribution in [2.75, 3.05) is 50.2 Å². The van der Waals surface area contributed by atoms with Gasteiger partial charge < -0.3 is 25.6 Å². The zero-order chi connectivity index (χ0) is 50.1. The number of halogens is 2. The van der Waals surface area contributed by atoms with Gasteiger partial charge in [0.05, 0.1) is 57.5 Å². The molecule has 11 rings (SSSR count). The fourth-order valence-electron chi connectivity index (χ4n) is 8.02. The highest BCUT2D eigenvalue weighted by atomic mass is 35.5. The second kappa shape index (κ2) is 21.5. The van der Waals surface area contributed by atoms with Gasteiger partial charge in [-0.15, -0.1) is 0 Å². The normalized spacial score (nSPS) is 10.8. The molecular formula is C56H42ClFN12O2. The molecule has 11 aromatic rings. The van der Waals surface area contributed by atoms with Crippen molar-refractivity contribution >= 4 is 111 Å². The van der Waals surface area contributed by atoms with E-state index >= 15 is 0 Å². The largest absolute Gasteiger partial charge is 0.465 e. The molecule has 16 heteroatoms. The molecule has 6 aromatic heterocycles. The number of aromatic nitrogens is 6. The number of rotatable bonds is 9. The molecule has 0 saturated carbocycles. The Morgan fingerprint density at radius 3 is 1.61 bits per heavy atom. The summed E-state index contributed by atoms with van der Waals surface area (Å²) in [5.74, 6) is 1.21. The maximum atomic E-state index is 13.4. The van der Waals surface area contributed by atoms with E-state index in [-0.39, 0.29) is 5.02 Å². The molecule has 0 bridgehead atoms. The molecule has 0 atom stereocenters. The van der Waals surface area contributed by atoms with Crippen LogP contribution < -0.4 is 16.0 Å². The first-order chi connectivity index (χ1) is 35.1. The number of para-hydroxylation sites is 1. The summed E-state index contributed by atoms with van der Waals surface area (Å²) in [6.07, 6.45) is 10.6. The Morgan fingerprint density at radius 2 is 1.10 bits per heavy atom. The van der Waals surface area contributed by atoms with Crippen molar-refractivity contribution in [3.63, 3.8) is 0 Å². The Hall–Kier alpha value is -9.41. The summed E-state index contributed by atoms with van der Waals surface area (Å²) in [5.41, 5.74) is 5.37. The number of carbonyl (C=O) groups is 1. The van der Waals surface area contributed by atoms with Gasteiger partial charge in [-0.1, -0.05) is 48.0 Å². The molecule has 0 spiro atoms. The van der Waals surface area contributed by atoms with Gasteiger partial charge in [-0.2, -0.15) is 10.5 Å². The molecular weight excluding hydrogens is 927 g/mol. The van der Waals surface area contributed by atoms with E-state index in [9.17, 15) is 9.18 Å². The molecule has 14 nitrogen and oxygen atoms in total. The van der Waals surface area contributed by atoms with Crippen molar-refractivity contribution in [1.29, 1.82) is 10.5 Å². The first-order valence-electron chi connectivity index (χ1n) is 22.4. The van der Waals surface area contributed by atoms with Crippen LogP contribution in [0.2, 0.25) is 5.02 Å². The topological polar surface area (TPSA) is 191 Å². The van der Waals surface area contributed by atoms with Crippen molar-refractivity contribution in [3.05, 3.63) is 186 Å². The van der Waals surface area contributed by atoms with Gasteiger partial charge in [0.1, 0.15) is 23.3 Å². The molecule has 352 valence electrons. The predicted molar refractivity (Wildman–Crippen MR) is 283 cm³/mol. The fourth-order valence-corrected chi connectivity index (χ4v) is 8.20. The minimum Gasteiger partial charge on any atom is -0.465 e. The van der Waals surface area contributed by atoms with Crippen molar-refractivity contribution in [2.45, 2.75) is 0 Å². The number of pyridine rings is 6. The Morgan fingerprint density at radius 1 is 0.597 bits per heavy atom. The second-order valence-corrected chi connectivity index (χ2v) is 16.9. The lowest BCUT2D eigenvalue weighted by Crippen LogP contribution is -2.21. The van der Waals surface area contributed by atoms with Gasteiger partial charge in [0.25, 0.3) is 0 Å². The number of esters is 1. The minimum atomic E-state index is -0.495. The standard InChI is InChI=1S/C20H13ClFN3O2.C19H12N4.C17H17N5/c1-27-20(26)11-2-4-13-15-10-23-7-6-14(15)19(25-18(13)8-11)24-12-3-5-17(22)16(21)9-12;20-11-13-6-7-15-17-12-21-9-8-16(17)19(23-18(15)10-13)22-14-4-2-1-3-5-14;1-22(2)8-7-20-17-14-5-6-19-11-15(14)13-4-3-12(10-18)9-16(13)21-17/h2-10H,1H3,(H,24,25);1-10,12H,(H,22,23);3-6,9,11H,7-8H2,1-2H3,(H,20,21). The Labute approximate surface area is 417 Å². The van der Waals surface area contributed by atoms with Gasteiger partial charge in [-0.05, 0) is 99.0 Å². The molecule has 0 aliphatic rings. The van der Waals surface area contributed by atoms with E-state index in [1.54, 1.807) is 55.1 Å². The van der Waals surface area contributed by atoms with Gasteiger partial charge in [0.15, 0.2) is 0 Å².